The zero-order chi connectivity index (χ0) is 17.5. The van der Waals surface area contributed by atoms with Crippen LogP contribution < -0.4 is 11.1 Å². The van der Waals surface area contributed by atoms with Crippen LogP contribution in [-0.4, -0.2) is 21.1 Å². The molecule has 2 aromatic rings. The van der Waals surface area contributed by atoms with Gasteiger partial charge in [0.05, 0.1) is 11.4 Å². The molecule has 1 amide bonds. The van der Waals surface area contributed by atoms with Crippen molar-refractivity contribution in [1.29, 1.82) is 5.26 Å². The fraction of sp³-hybridized carbons (Fsp3) is 0.294. The number of nitrogens with one attached hydrogen (secondary N) is 1. The molecule has 2 rings (SSSR count). The average molecular weight is 341 g/mol. The summed E-state index contributed by atoms with van der Waals surface area (Å²) in [6.45, 7) is 4.40. The van der Waals surface area contributed by atoms with E-state index in [0.717, 1.165) is 5.56 Å². The van der Waals surface area contributed by atoms with Gasteiger partial charge in [-0.2, -0.15) is 5.26 Å². The number of nitrogens with zero attached hydrogens (tertiary/aromatic N) is 3. The van der Waals surface area contributed by atoms with Crippen LogP contribution in [0.5, 0.6) is 0 Å². The van der Waals surface area contributed by atoms with Gasteiger partial charge in [-0.05, 0) is 11.5 Å². The molecule has 3 N–H and O–H groups in total. The number of nitrogens with two attached hydrogens (primary N) is 1. The second-order valence-electron chi connectivity index (χ2n) is 5.55. The van der Waals surface area contributed by atoms with E-state index in [2.05, 4.69) is 15.3 Å². The van der Waals surface area contributed by atoms with Gasteiger partial charge < -0.3 is 11.1 Å². The third kappa shape index (κ3) is 4.70. The maximum Gasteiger partial charge on any atom is 0.234 e. The number of anilines is 1. The molecule has 1 heterocycles. The van der Waals surface area contributed by atoms with Crippen LogP contribution >= 0.6 is 11.8 Å². The van der Waals surface area contributed by atoms with E-state index in [1.807, 2.05) is 50.2 Å². The highest BCUT2D eigenvalue weighted by molar-refractivity contribution is 8.00. The molecule has 1 atom stereocenters. The van der Waals surface area contributed by atoms with E-state index in [0.29, 0.717) is 11.7 Å². The zero-order valence-corrected chi connectivity index (χ0v) is 14.4. The number of nitriles is 1. The van der Waals surface area contributed by atoms with Crippen LogP contribution in [0.3, 0.4) is 0 Å². The Morgan fingerprint density at radius 1 is 1.38 bits per heavy atom. The fourth-order valence-electron chi connectivity index (χ4n) is 2.01. The van der Waals surface area contributed by atoms with Gasteiger partial charge >= 0.3 is 0 Å². The molecule has 0 saturated heterocycles. The standard InChI is InChI=1S/C17H19N5OS/c1-11(2)14(16(23)20-9-12-6-4-3-5-7-12)24-17-21-10-13(8-18)15(19)22-17/h3-7,10-11,14H,9H2,1-2H3,(H,20,23)(H2,19,21,22)/t14-/m1/s1. The van der Waals surface area contributed by atoms with Gasteiger partial charge in [-0.3, -0.25) is 4.79 Å². The summed E-state index contributed by atoms with van der Waals surface area (Å²) in [5.74, 6) is 0.138. The number of hydrogen-bond acceptors (Lipinski definition) is 6. The molecule has 0 spiro atoms. The van der Waals surface area contributed by atoms with Gasteiger partial charge in [-0.25, -0.2) is 9.97 Å². The molecule has 124 valence electrons. The van der Waals surface area contributed by atoms with Crippen LogP contribution in [0.4, 0.5) is 5.82 Å². The van der Waals surface area contributed by atoms with Crippen LogP contribution in [0.1, 0.15) is 25.0 Å². The first kappa shape index (κ1) is 17.8. The number of hydrogen-bond donors (Lipinski definition) is 2. The van der Waals surface area contributed by atoms with Crippen LogP contribution in [0.2, 0.25) is 0 Å². The minimum Gasteiger partial charge on any atom is -0.382 e. The lowest BCUT2D eigenvalue weighted by molar-refractivity contribution is -0.121. The maximum atomic E-state index is 12.5. The largest absolute Gasteiger partial charge is 0.382 e. The molecular weight excluding hydrogens is 322 g/mol. The van der Waals surface area contributed by atoms with Gasteiger partial charge in [-0.15, -0.1) is 0 Å². The Balaban J connectivity index is 2.04. The van der Waals surface area contributed by atoms with Gasteiger partial charge in [0.15, 0.2) is 5.16 Å². The molecule has 6 nitrogen and oxygen atoms in total. The van der Waals surface area contributed by atoms with Crippen molar-refractivity contribution in [2.75, 3.05) is 5.73 Å². The van der Waals surface area contributed by atoms with Crippen molar-refractivity contribution in [3.05, 3.63) is 47.7 Å². The van der Waals surface area contributed by atoms with Crippen molar-refractivity contribution in [1.82, 2.24) is 15.3 Å². The lowest BCUT2D eigenvalue weighted by Crippen LogP contribution is -2.35. The SMILES string of the molecule is CC(C)[C@@H](Sc1ncc(C#N)c(N)n1)C(=O)NCc1ccccc1. The highest BCUT2D eigenvalue weighted by atomic mass is 32.2. The Kier molecular flexibility index (Phi) is 6.15. The first-order valence-corrected chi connectivity index (χ1v) is 8.40. The smallest absolute Gasteiger partial charge is 0.234 e. The number of benzene rings is 1. The average Bonchev–Trinajstić information content (AvgIpc) is 2.58. The van der Waals surface area contributed by atoms with Gasteiger partial charge in [0.25, 0.3) is 0 Å². The van der Waals surface area contributed by atoms with Gasteiger partial charge in [0, 0.05) is 6.54 Å². The van der Waals surface area contributed by atoms with Gasteiger partial charge in [-0.1, -0.05) is 55.9 Å². The summed E-state index contributed by atoms with van der Waals surface area (Å²) in [5.41, 5.74) is 6.98. The van der Waals surface area contributed by atoms with Gasteiger partial charge in [0.1, 0.15) is 17.5 Å². The first-order chi connectivity index (χ1) is 11.5. The normalized spacial score (nSPS) is 11.8. The van der Waals surface area contributed by atoms with E-state index < -0.39 is 0 Å². The summed E-state index contributed by atoms with van der Waals surface area (Å²) in [6, 6.07) is 11.6. The number of thioether (sulfide) groups is 1. The number of carbonyl (C=O) groups excluding carboxylic acids is 1. The third-order valence-electron chi connectivity index (χ3n) is 3.32. The Hall–Kier alpha value is -2.59. The third-order valence-corrected chi connectivity index (χ3v) is 4.74. The molecule has 0 aliphatic rings. The van der Waals surface area contributed by atoms with E-state index >= 15 is 0 Å². The Morgan fingerprint density at radius 2 is 2.08 bits per heavy atom. The second-order valence-corrected chi connectivity index (χ2v) is 6.66. The quantitative estimate of drug-likeness (QED) is 0.617. The monoisotopic (exact) mass is 341 g/mol. The number of amides is 1. The summed E-state index contributed by atoms with van der Waals surface area (Å²) in [7, 11) is 0. The molecule has 7 heteroatoms. The lowest BCUT2D eigenvalue weighted by atomic mass is 10.1. The molecule has 0 unspecified atom stereocenters. The molecule has 1 aromatic carbocycles. The van der Waals surface area contributed by atoms with Crippen LogP contribution in [0.25, 0.3) is 0 Å². The highest BCUT2D eigenvalue weighted by Crippen LogP contribution is 2.26. The zero-order valence-electron chi connectivity index (χ0n) is 13.6. The highest BCUT2D eigenvalue weighted by Gasteiger charge is 2.24. The molecular formula is C17H19N5OS. The summed E-state index contributed by atoms with van der Waals surface area (Å²) in [4.78, 5) is 20.7. The van der Waals surface area contributed by atoms with E-state index in [1.165, 1.54) is 18.0 Å². The van der Waals surface area contributed by atoms with Crippen molar-refractivity contribution in [3.8, 4) is 6.07 Å². The van der Waals surface area contributed by atoms with Crippen LogP contribution in [0, 0.1) is 17.2 Å². The minimum atomic E-state index is -0.346. The van der Waals surface area contributed by atoms with Crippen molar-refractivity contribution in [3.63, 3.8) is 0 Å². The van der Waals surface area contributed by atoms with E-state index in [4.69, 9.17) is 11.0 Å². The first-order valence-electron chi connectivity index (χ1n) is 7.52. The number of carbonyl (C=O) groups is 1. The Labute approximate surface area is 145 Å². The Morgan fingerprint density at radius 3 is 2.67 bits per heavy atom. The number of aromatic nitrogens is 2. The molecule has 0 aliphatic heterocycles. The summed E-state index contributed by atoms with van der Waals surface area (Å²) in [5, 5.41) is 11.8. The minimum absolute atomic E-state index is 0.0783. The van der Waals surface area contributed by atoms with Crippen molar-refractivity contribution >= 4 is 23.5 Å². The summed E-state index contributed by atoms with van der Waals surface area (Å²) >= 11 is 1.25. The molecule has 0 saturated carbocycles. The summed E-state index contributed by atoms with van der Waals surface area (Å²) < 4.78 is 0. The second kappa shape index (κ2) is 8.31. The van der Waals surface area contributed by atoms with E-state index in [1.54, 1.807) is 0 Å². The fourth-order valence-corrected chi connectivity index (χ4v) is 2.97. The molecule has 0 fully saturated rings. The molecule has 0 bridgehead atoms. The predicted molar refractivity (Wildman–Crippen MR) is 93.9 cm³/mol. The van der Waals surface area contributed by atoms with Crippen molar-refractivity contribution in [2.24, 2.45) is 5.92 Å². The van der Waals surface area contributed by atoms with Gasteiger partial charge in [0.2, 0.25) is 5.91 Å². The lowest BCUT2D eigenvalue weighted by Gasteiger charge is -2.19. The van der Waals surface area contributed by atoms with Crippen LogP contribution in [0.15, 0.2) is 41.7 Å². The topological polar surface area (TPSA) is 105 Å². The van der Waals surface area contributed by atoms with E-state index in [-0.39, 0.29) is 28.5 Å². The van der Waals surface area contributed by atoms with Crippen molar-refractivity contribution < 1.29 is 4.79 Å². The molecule has 24 heavy (non-hydrogen) atoms. The predicted octanol–water partition coefficient (Wildman–Crippen LogP) is 2.36. The number of rotatable bonds is 6. The Bertz CT molecular complexity index is 742. The molecule has 0 radical (unpaired) electrons. The maximum absolute atomic E-state index is 12.5. The number of nitrogen functional groups attached to an aromatic ring is 1. The molecule has 0 aliphatic carbocycles. The molecule has 1 aromatic heterocycles. The van der Waals surface area contributed by atoms with Crippen LogP contribution in [-0.2, 0) is 11.3 Å². The summed E-state index contributed by atoms with van der Waals surface area (Å²) in [6.07, 6.45) is 1.38. The van der Waals surface area contributed by atoms with Crippen molar-refractivity contribution in [2.45, 2.75) is 30.8 Å². The van der Waals surface area contributed by atoms with E-state index in [9.17, 15) is 4.79 Å².